The van der Waals surface area contributed by atoms with Crippen molar-refractivity contribution in [3.05, 3.63) is 76.1 Å². The van der Waals surface area contributed by atoms with E-state index in [1.165, 1.54) is 24.3 Å². The van der Waals surface area contributed by atoms with Crippen LogP contribution in [0.2, 0.25) is 5.02 Å². The predicted octanol–water partition coefficient (Wildman–Crippen LogP) is 5.03. The second-order valence-corrected chi connectivity index (χ2v) is 10.4. The van der Waals surface area contributed by atoms with Crippen LogP contribution in [-0.2, 0) is 6.54 Å². The minimum Gasteiger partial charge on any atom is -0.350 e. The minimum absolute atomic E-state index is 0.00894. The third-order valence-electron chi connectivity index (χ3n) is 6.50. The summed E-state index contributed by atoms with van der Waals surface area (Å²) in [5.74, 6) is -1.76. The second kappa shape index (κ2) is 12.5. The number of carbonyl (C=O) groups excluding carboxylic acids is 2. The first-order valence-corrected chi connectivity index (χ1v) is 13.3. The van der Waals surface area contributed by atoms with Crippen LogP contribution in [0.5, 0.6) is 0 Å². The molecule has 3 aromatic rings. The zero-order chi connectivity index (χ0) is 27.2. The van der Waals surface area contributed by atoms with Gasteiger partial charge in [-0.3, -0.25) is 14.6 Å². The molecule has 0 bridgehead atoms. The lowest BCUT2D eigenvalue weighted by Crippen LogP contribution is -2.34. The normalized spacial score (nSPS) is 17.8. The van der Waals surface area contributed by atoms with E-state index in [0.717, 1.165) is 41.4 Å². The summed E-state index contributed by atoms with van der Waals surface area (Å²) in [7, 11) is 1.79. The highest BCUT2D eigenvalue weighted by molar-refractivity contribution is 8.16. The van der Waals surface area contributed by atoms with Crippen LogP contribution >= 0.6 is 23.4 Å². The molecule has 12 heteroatoms. The smallest absolute Gasteiger partial charge is 0.270 e. The highest BCUT2D eigenvalue weighted by atomic mass is 35.5. The largest absolute Gasteiger partial charge is 0.350 e. The number of hydrogen-bond donors (Lipinski definition) is 2. The van der Waals surface area contributed by atoms with Crippen molar-refractivity contribution < 1.29 is 18.4 Å². The Morgan fingerprint density at radius 2 is 1.95 bits per heavy atom. The van der Waals surface area contributed by atoms with Crippen LogP contribution in [0.3, 0.4) is 0 Å². The Kier molecular flexibility index (Phi) is 9.11. The standard InChI is InChI=1S/C26H27ClF2N6O2S/c1-3-38-26(30-2)17-7-4-15(5-8-17)12-32-25(37)22-11-21(34-23-20(29)14-33-35(22)23)24(36)31-13-16-6-9-19(28)18(27)10-16/h3,6,9-11,14-15,17H,1,4-5,7-8,12-13H2,2H3,(H,31,36)(H,32,37). The second-order valence-electron chi connectivity index (χ2n) is 8.96. The average molecular weight is 561 g/mol. The molecule has 2 amide bonds. The number of aromatic nitrogens is 3. The third-order valence-corrected chi connectivity index (χ3v) is 7.72. The monoisotopic (exact) mass is 560 g/mol. The fourth-order valence-corrected chi connectivity index (χ4v) is 5.40. The minimum atomic E-state index is -0.761. The predicted molar refractivity (Wildman–Crippen MR) is 144 cm³/mol. The van der Waals surface area contributed by atoms with Crippen LogP contribution in [0.1, 0.15) is 52.2 Å². The van der Waals surface area contributed by atoms with E-state index in [1.54, 1.807) is 24.2 Å². The molecule has 1 saturated carbocycles. The van der Waals surface area contributed by atoms with E-state index in [9.17, 15) is 18.4 Å². The van der Waals surface area contributed by atoms with Crippen LogP contribution in [-0.4, -0.2) is 45.0 Å². The molecule has 4 rings (SSSR count). The van der Waals surface area contributed by atoms with E-state index in [0.29, 0.717) is 23.9 Å². The van der Waals surface area contributed by atoms with E-state index in [2.05, 4.69) is 32.3 Å². The number of thioether (sulfide) groups is 1. The van der Waals surface area contributed by atoms with Gasteiger partial charge in [-0.2, -0.15) is 5.10 Å². The highest BCUT2D eigenvalue weighted by Gasteiger charge is 2.26. The van der Waals surface area contributed by atoms with Gasteiger partial charge in [0.2, 0.25) is 0 Å². The lowest BCUT2D eigenvalue weighted by atomic mass is 9.82. The first kappa shape index (κ1) is 27.7. The zero-order valence-corrected chi connectivity index (χ0v) is 22.3. The topological polar surface area (TPSA) is 101 Å². The van der Waals surface area contributed by atoms with Crippen molar-refractivity contribution in [3.8, 4) is 0 Å². The van der Waals surface area contributed by atoms with Crippen molar-refractivity contribution in [2.45, 2.75) is 32.2 Å². The number of halogens is 3. The Morgan fingerprint density at radius 1 is 1.18 bits per heavy atom. The summed E-state index contributed by atoms with van der Waals surface area (Å²) < 4.78 is 28.8. The number of benzene rings is 1. The van der Waals surface area contributed by atoms with Crippen molar-refractivity contribution in [2.75, 3.05) is 13.6 Å². The van der Waals surface area contributed by atoms with Gasteiger partial charge in [-0.1, -0.05) is 36.0 Å². The van der Waals surface area contributed by atoms with Gasteiger partial charge in [0.15, 0.2) is 11.5 Å². The van der Waals surface area contributed by atoms with E-state index < -0.39 is 23.4 Å². The molecule has 0 spiro atoms. The first-order valence-electron chi connectivity index (χ1n) is 12.1. The van der Waals surface area contributed by atoms with Crippen molar-refractivity contribution in [3.63, 3.8) is 0 Å². The molecule has 2 N–H and O–H groups in total. The van der Waals surface area contributed by atoms with Gasteiger partial charge in [0.25, 0.3) is 11.8 Å². The van der Waals surface area contributed by atoms with Crippen LogP contribution in [0.25, 0.3) is 5.65 Å². The summed E-state index contributed by atoms with van der Waals surface area (Å²) in [5.41, 5.74) is 0.168. The maximum atomic E-state index is 14.4. The van der Waals surface area contributed by atoms with E-state index >= 15 is 0 Å². The van der Waals surface area contributed by atoms with Crippen LogP contribution in [0.4, 0.5) is 8.78 Å². The maximum absolute atomic E-state index is 14.4. The van der Waals surface area contributed by atoms with E-state index in [4.69, 9.17) is 11.6 Å². The lowest BCUT2D eigenvalue weighted by Gasteiger charge is -2.28. The molecule has 0 radical (unpaired) electrons. The molecule has 200 valence electrons. The molecule has 0 aliphatic heterocycles. The molecular weight excluding hydrogens is 534 g/mol. The fraction of sp³-hybridized carbons (Fsp3) is 0.346. The van der Waals surface area contributed by atoms with Crippen LogP contribution in [0.15, 0.2) is 47.4 Å². The first-order chi connectivity index (χ1) is 18.3. The molecular formula is C26H27ClF2N6O2S. The molecule has 1 aromatic carbocycles. The Labute approximate surface area is 228 Å². The number of amides is 2. The summed E-state index contributed by atoms with van der Waals surface area (Å²) in [6, 6.07) is 5.34. The van der Waals surface area contributed by atoms with Gasteiger partial charge in [0.05, 0.1) is 16.3 Å². The molecule has 38 heavy (non-hydrogen) atoms. The Bertz CT molecular complexity index is 1390. The number of aliphatic imine (C=N–C) groups is 1. The number of nitrogens with one attached hydrogen (secondary N) is 2. The number of hydrogen-bond acceptors (Lipinski definition) is 6. The average Bonchev–Trinajstić information content (AvgIpc) is 3.31. The van der Waals surface area contributed by atoms with E-state index in [-0.39, 0.29) is 28.6 Å². The fourth-order valence-electron chi connectivity index (χ4n) is 4.49. The van der Waals surface area contributed by atoms with Gasteiger partial charge < -0.3 is 10.6 Å². The summed E-state index contributed by atoms with van der Waals surface area (Å²) >= 11 is 7.35. The van der Waals surface area contributed by atoms with Gasteiger partial charge in [-0.15, -0.1) is 0 Å². The van der Waals surface area contributed by atoms with Gasteiger partial charge >= 0.3 is 0 Å². The highest BCUT2D eigenvalue weighted by Crippen LogP contribution is 2.32. The van der Waals surface area contributed by atoms with Crippen molar-refractivity contribution in [1.82, 2.24) is 25.2 Å². The molecule has 0 saturated heterocycles. The molecule has 2 aromatic heterocycles. The molecule has 1 aliphatic carbocycles. The molecule has 1 aliphatic rings. The quantitative estimate of drug-likeness (QED) is 0.297. The Morgan fingerprint density at radius 3 is 2.63 bits per heavy atom. The van der Waals surface area contributed by atoms with Gasteiger partial charge in [-0.05, 0) is 54.7 Å². The number of fused-ring (bicyclic) bond motifs is 1. The SMILES string of the molecule is C=CSC(=NC)C1CCC(CNC(=O)c2cc(C(=O)NCc3ccc(F)c(Cl)c3)nc3c(F)cnn23)CC1. The van der Waals surface area contributed by atoms with Crippen LogP contribution < -0.4 is 10.6 Å². The van der Waals surface area contributed by atoms with Crippen molar-refractivity contribution in [1.29, 1.82) is 0 Å². The molecule has 8 nitrogen and oxygen atoms in total. The zero-order valence-electron chi connectivity index (χ0n) is 20.7. The molecule has 0 unspecified atom stereocenters. The third kappa shape index (κ3) is 6.39. The van der Waals surface area contributed by atoms with Gasteiger partial charge in [-0.25, -0.2) is 18.3 Å². The molecule has 0 atom stereocenters. The Balaban J connectivity index is 1.42. The molecule has 1 fully saturated rings. The number of carbonyl (C=O) groups is 2. The number of nitrogens with zero attached hydrogens (tertiary/aromatic N) is 4. The lowest BCUT2D eigenvalue weighted by molar-refractivity contribution is 0.0935. The maximum Gasteiger partial charge on any atom is 0.270 e. The van der Waals surface area contributed by atoms with Crippen molar-refractivity contribution in [2.24, 2.45) is 16.8 Å². The summed E-state index contributed by atoms with van der Waals surface area (Å²) in [5, 5.41) is 12.2. The molecule has 2 heterocycles. The summed E-state index contributed by atoms with van der Waals surface area (Å²) in [6.45, 7) is 4.24. The van der Waals surface area contributed by atoms with Crippen molar-refractivity contribution >= 4 is 45.9 Å². The Hall–Kier alpha value is -3.31. The van der Waals surface area contributed by atoms with Gasteiger partial charge in [0.1, 0.15) is 17.2 Å². The summed E-state index contributed by atoms with van der Waals surface area (Å²) in [4.78, 5) is 34.3. The van der Waals surface area contributed by atoms with Crippen LogP contribution in [0, 0.1) is 23.5 Å². The van der Waals surface area contributed by atoms with Gasteiger partial charge in [0, 0.05) is 32.1 Å². The number of rotatable bonds is 8. The summed E-state index contributed by atoms with van der Waals surface area (Å²) in [6.07, 6.45) is 4.76. The van der Waals surface area contributed by atoms with E-state index in [1.807, 2.05) is 0 Å².